The first-order chi connectivity index (χ1) is 8.88. The molecule has 3 heterocycles. The van der Waals surface area contributed by atoms with Crippen molar-refractivity contribution in [1.29, 1.82) is 0 Å². The van der Waals surface area contributed by atoms with Crippen LogP contribution in [-0.2, 0) is 17.8 Å². The van der Waals surface area contributed by atoms with Crippen molar-refractivity contribution in [3.63, 3.8) is 0 Å². The number of aromatic nitrogens is 2. The molecule has 0 aliphatic carbocycles. The lowest BCUT2D eigenvalue weighted by molar-refractivity contribution is 0.109. The van der Waals surface area contributed by atoms with Crippen LogP contribution < -0.4 is 5.32 Å². The Hall–Kier alpha value is -0.460. The van der Waals surface area contributed by atoms with Gasteiger partial charge in [0, 0.05) is 36.3 Å². The topological polar surface area (TPSA) is 47.0 Å². The summed E-state index contributed by atoms with van der Waals surface area (Å²) in [5, 5.41) is 3.64. The Morgan fingerprint density at radius 2 is 2.28 bits per heavy atom. The molecule has 1 aromatic heterocycles. The van der Waals surface area contributed by atoms with Crippen LogP contribution >= 0.6 is 23.5 Å². The van der Waals surface area contributed by atoms with Crippen molar-refractivity contribution in [2.24, 2.45) is 0 Å². The van der Waals surface area contributed by atoms with Gasteiger partial charge < -0.3 is 10.1 Å². The molecule has 1 atom stereocenters. The van der Waals surface area contributed by atoms with Gasteiger partial charge in [-0.15, -0.1) is 11.8 Å². The predicted molar refractivity (Wildman–Crippen MR) is 77.5 cm³/mol. The first kappa shape index (κ1) is 12.6. The molecule has 1 fully saturated rings. The van der Waals surface area contributed by atoms with Gasteiger partial charge in [-0.25, -0.2) is 9.97 Å². The molecule has 1 saturated heterocycles. The Labute approximate surface area is 116 Å². The van der Waals surface area contributed by atoms with E-state index in [0.29, 0.717) is 11.9 Å². The second-order valence-corrected chi connectivity index (χ2v) is 6.80. The van der Waals surface area contributed by atoms with Crippen molar-refractivity contribution < 1.29 is 4.74 Å². The third-order valence-electron chi connectivity index (χ3n) is 3.18. The Morgan fingerprint density at radius 3 is 3.06 bits per heavy atom. The van der Waals surface area contributed by atoms with Gasteiger partial charge in [0.2, 0.25) is 0 Å². The van der Waals surface area contributed by atoms with Gasteiger partial charge >= 0.3 is 0 Å². The summed E-state index contributed by atoms with van der Waals surface area (Å²) in [7, 11) is 1.92. The highest BCUT2D eigenvalue weighted by molar-refractivity contribution is 8.06. The van der Waals surface area contributed by atoms with Crippen molar-refractivity contribution in [3.05, 3.63) is 17.1 Å². The summed E-state index contributed by atoms with van der Waals surface area (Å²) in [4.78, 5) is 9.47. The van der Waals surface area contributed by atoms with Crippen LogP contribution in [0, 0.1) is 0 Å². The van der Waals surface area contributed by atoms with E-state index < -0.39 is 0 Å². The summed E-state index contributed by atoms with van der Waals surface area (Å²) in [6.07, 6.45) is 0.907. The molecule has 0 bridgehead atoms. The van der Waals surface area contributed by atoms with Gasteiger partial charge in [-0.3, -0.25) is 0 Å². The molecular formula is C12H17N3OS2. The third-order valence-corrected chi connectivity index (χ3v) is 5.93. The predicted octanol–water partition coefficient (Wildman–Crippen LogP) is 2.11. The van der Waals surface area contributed by atoms with Crippen molar-refractivity contribution in [2.75, 3.05) is 36.2 Å². The maximum atomic E-state index is 5.49. The van der Waals surface area contributed by atoms with E-state index in [2.05, 4.69) is 5.32 Å². The molecule has 18 heavy (non-hydrogen) atoms. The maximum Gasteiger partial charge on any atom is 0.144 e. The largest absolute Gasteiger partial charge is 0.376 e. The van der Waals surface area contributed by atoms with Crippen LogP contribution in [0.15, 0.2) is 0 Å². The Kier molecular flexibility index (Phi) is 3.96. The lowest BCUT2D eigenvalue weighted by Gasteiger charge is -2.24. The molecule has 0 spiro atoms. The van der Waals surface area contributed by atoms with Gasteiger partial charge in [0.15, 0.2) is 0 Å². The number of anilines is 1. The Balaban J connectivity index is 1.94. The van der Waals surface area contributed by atoms with Crippen LogP contribution in [0.2, 0.25) is 0 Å². The second kappa shape index (κ2) is 5.67. The van der Waals surface area contributed by atoms with E-state index in [1.54, 1.807) is 0 Å². The number of ether oxygens (including phenoxy) is 1. The van der Waals surface area contributed by atoms with E-state index in [1.807, 2.05) is 30.6 Å². The van der Waals surface area contributed by atoms with E-state index in [0.717, 1.165) is 36.0 Å². The first-order valence-corrected chi connectivity index (χ1v) is 8.43. The SMILES string of the molecule is CNc1nc(C2CSCCS2)nc2c1COCC2. The maximum absolute atomic E-state index is 5.49. The van der Waals surface area contributed by atoms with Gasteiger partial charge in [-0.2, -0.15) is 11.8 Å². The molecule has 0 saturated carbocycles. The Morgan fingerprint density at radius 1 is 1.33 bits per heavy atom. The van der Waals surface area contributed by atoms with Crippen LogP contribution in [0.3, 0.4) is 0 Å². The Bertz CT molecular complexity index is 418. The number of fused-ring (bicyclic) bond motifs is 1. The molecule has 1 aromatic rings. The molecule has 98 valence electrons. The number of nitrogens with zero attached hydrogens (tertiary/aromatic N) is 2. The standard InChI is InChI=1S/C12H17N3OS2/c1-13-11-8-6-16-3-2-9(8)14-12(15-11)10-7-17-4-5-18-10/h10H,2-7H2,1H3,(H,13,14,15). The zero-order valence-electron chi connectivity index (χ0n) is 10.4. The summed E-state index contributed by atoms with van der Waals surface area (Å²) in [6.45, 7) is 1.41. The summed E-state index contributed by atoms with van der Waals surface area (Å²) in [6, 6.07) is 0. The third kappa shape index (κ3) is 2.46. The highest BCUT2D eigenvalue weighted by atomic mass is 32.2. The summed E-state index contributed by atoms with van der Waals surface area (Å²) >= 11 is 3.98. The molecule has 2 aliphatic heterocycles. The smallest absolute Gasteiger partial charge is 0.144 e. The second-order valence-electron chi connectivity index (χ2n) is 4.34. The first-order valence-electron chi connectivity index (χ1n) is 6.23. The minimum Gasteiger partial charge on any atom is -0.376 e. The van der Waals surface area contributed by atoms with Gasteiger partial charge in [0.05, 0.1) is 24.2 Å². The molecule has 4 nitrogen and oxygen atoms in total. The number of nitrogens with one attached hydrogen (secondary N) is 1. The van der Waals surface area contributed by atoms with Crippen molar-refractivity contribution >= 4 is 29.3 Å². The van der Waals surface area contributed by atoms with Gasteiger partial charge in [-0.05, 0) is 0 Å². The summed E-state index contributed by atoms with van der Waals surface area (Å²) in [5.74, 6) is 5.53. The van der Waals surface area contributed by atoms with Crippen LogP contribution in [0.4, 0.5) is 5.82 Å². The van der Waals surface area contributed by atoms with Crippen LogP contribution in [-0.4, -0.2) is 40.9 Å². The minimum atomic E-state index is 0.448. The zero-order chi connectivity index (χ0) is 12.4. The molecule has 0 amide bonds. The van der Waals surface area contributed by atoms with Crippen molar-refractivity contribution in [3.8, 4) is 0 Å². The van der Waals surface area contributed by atoms with Crippen molar-refractivity contribution in [2.45, 2.75) is 18.3 Å². The fraction of sp³-hybridized carbons (Fsp3) is 0.667. The van der Waals surface area contributed by atoms with E-state index >= 15 is 0 Å². The number of thioether (sulfide) groups is 2. The molecule has 1 N–H and O–H groups in total. The van der Waals surface area contributed by atoms with Gasteiger partial charge in [0.25, 0.3) is 0 Å². The number of hydrogen-bond donors (Lipinski definition) is 1. The van der Waals surface area contributed by atoms with Crippen LogP contribution in [0.1, 0.15) is 22.3 Å². The fourth-order valence-electron chi connectivity index (χ4n) is 2.24. The monoisotopic (exact) mass is 283 g/mol. The zero-order valence-corrected chi connectivity index (χ0v) is 12.1. The fourth-order valence-corrected chi connectivity index (χ4v) is 4.84. The van der Waals surface area contributed by atoms with Crippen LogP contribution in [0.5, 0.6) is 0 Å². The average Bonchev–Trinajstić information content (AvgIpc) is 2.47. The highest BCUT2D eigenvalue weighted by Crippen LogP contribution is 2.36. The molecule has 0 radical (unpaired) electrons. The quantitative estimate of drug-likeness (QED) is 0.897. The lowest BCUT2D eigenvalue weighted by atomic mass is 10.1. The normalized spacial score (nSPS) is 23.5. The molecular weight excluding hydrogens is 266 g/mol. The van der Waals surface area contributed by atoms with E-state index in [9.17, 15) is 0 Å². The number of rotatable bonds is 2. The summed E-state index contributed by atoms with van der Waals surface area (Å²) < 4.78 is 5.49. The molecule has 0 aromatic carbocycles. The van der Waals surface area contributed by atoms with E-state index in [4.69, 9.17) is 14.7 Å². The van der Waals surface area contributed by atoms with E-state index in [-0.39, 0.29) is 0 Å². The molecule has 2 aliphatic rings. The van der Waals surface area contributed by atoms with Crippen molar-refractivity contribution in [1.82, 2.24) is 9.97 Å². The molecule has 3 rings (SSSR count). The van der Waals surface area contributed by atoms with Gasteiger partial charge in [0.1, 0.15) is 11.6 Å². The molecule has 1 unspecified atom stereocenters. The molecule has 6 heteroatoms. The van der Waals surface area contributed by atoms with Crippen LogP contribution in [0.25, 0.3) is 0 Å². The van der Waals surface area contributed by atoms with E-state index in [1.165, 1.54) is 17.2 Å². The minimum absolute atomic E-state index is 0.448. The average molecular weight is 283 g/mol. The summed E-state index contributed by atoms with van der Waals surface area (Å²) in [5.41, 5.74) is 2.31. The lowest BCUT2D eigenvalue weighted by Crippen LogP contribution is -2.19. The number of hydrogen-bond acceptors (Lipinski definition) is 6. The highest BCUT2D eigenvalue weighted by Gasteiger charge is 2.23. The van der Waals surface area contributed by atoms with Gasteiger partial charge in [-0.1, -0.05) is 0 Å².